The van der Waals surface area contributed by atoms with Gasteiger partial charge in [0.15, 0.2) is 0 Å². The Labute approximate surface area is 45.5 Å². The number of nitrogens with two attached hydrogens (primary N) is 1. The maximum atomic E-state index is 5.55. The summed E-state index contributed by atoms with van der Waals surface area (Å²) in [6.07, 6.45) is 2.52. The van der Waals surface area contributed by atoms with Crippen LogP contribution in [-0.4, -0.2) is 15.8 Å². The van der Waals surface area contributed by atoms with Crippen molar-refractivity contribution in [1.82, 2.24) is 0 Å². The van der Waals surface area contributed by atoms with Crippen LogP contribution < -0.4 is 5.40 Å². The van der Waals surface area contributed by atoms with Crippen LogP contribution in [0.2, 0.25) is 6.04 Å². The number of hydrogen-bond acceptors (Lipinski definition) is 2. The lowest BCUT2D eigenvalue weighted by Gasteiger charge is -2.15. The summed E-state index contributed by atoms with van der Waals surface area (Å²) < 4.78 is 5.19. The Kier molecular flexibility index (Phi) is 1.84. The molecule has 1 fully saturated rings. The Hall–Kier alpha value is 0.137. The third-order valence-electron chi connectivity index (χ3n) is 1.21. The zero-order chi connectivity index (χ0) is 5.11. The second-order valence-electron chi connectivity index (χ2n) is 1.91. The van der Waals surface area contributed by atoms with E-state index < -0.39 is 9.20 Å². The van der Waals surface area contributed by atoms with Gasteiger partial charge in [-0.15, -0.1) is 0 Å². The summed E-state index contributed by atoms with van der Waals surface area (Å²) in [6.45, 7) is 0.924. The summed E-state index contributed by atoms with van der Waals surface area (Å²) in [5.74, 6) is 0. The van der Waals surface area contributed by atoms with Crippen molar-refractivity contribution in [2.75, 3.05) is 6.61 Å². The molecule has 0 aliphatic carbocycles. The lowest BCUT2D eigenvalue weighted by molar-refractivity contribution is 0.287. The van der Waals surface area contributed by atoms with Gasteiger partial charge in [-0.3, -0.25) is 0 Å². The molecule has 0 saturated carbocycles. The maximum absolute atomic E-state index is 5.55. The fourth-order valence-electron chi connectivity index (χ4n) is 0.766. The smallest absolute Gasteiger partial charge is 0.249 e. The van der Waals surface area contributed by atoms with E-state index in [0.717, 1.165) is 6.61 Å². The van der Waals surface area contributed by atoms with Crippen molar-refractivity contribution in [2.45, 2.75) is 18.9 Å². The topological polar surface area (TPSA) is 35.2 Å². The van der Waals surface area contributed by atoms with Crippen LogP contribution in [0.25, 0.3) is 0 Å². The summed E-state index contributed by atoms with van der Waals surface area (Å²) in [4.78, 5) is 0. The Morgan fingerprint density at radius 2 is 2.29 bits per heavy atom. The molecule has 2 N–H and O–H groups in total. The predicted octanol–water partition coefficient (Wildman–Crippen LogP) is -0.0240. The Morgan fingerprint density at radius 1 is 1.43 bits per heavy atom. The van der Waals surface area contributed by atoms with Crippen LogP contribution in [0.4, 0.5) is 0 Å². The van der Waals surface area contributed by atoms with E-state index in [0.29, 0.717) is 0 Å². The average molecular weight is 117 g/mol. The van der Waals surface area contributed by atoms with E-state index in [4.69, 9.17) is 9.83 Å². The summed E-state index contributed by atoms with van der Waals surface area (Å²) >= 11 is 0. The molecule has 1 saturated heterocycles. The van der Waals surface area contributed by atoms with Crippen molar-refractivity contribution in [3.05, 3.63) is 0 Å². The van der Waals surface area contributed by atoms with Gasteiger partial charge in [-0.2, -0.15) is 0 Å². The largest absolute Gasteiger partial charge is 0.406 e. The molecular weight excluding hydrogens is 106 g/mol. The molecule has 0 aromatic rings. The highest BCUT2D eigenvalue weighted by Crippen LogP contribution is 2.05. The SMILES string of the molecule is N[SiH]1CCCCO1. The molecule has 7 heavy (non-hydrogen) atoms. The van der Waals surface area contributed by atoms with Gasteiger partial charge in [0.25, 0.3) is 0 Å². The van der Waals surface area contributed by atoms with Crippen molar-refractivity contribution in [2.24, 2.45) is 5.40 Å². The van der Waals surface area contributed by atoms with Gasteiger partial charge < -0.3 is 9.83 Å². The highest BCUT2D eigenvalue weighted by atomic mass is 28.3. The minimum Gasteiger partial charge on any atom is -0.406 e. The monoisotopic (exact) mass is 117 g/mol. The van der Waals surface area contributed by atoms with Gasteiger partial charge in [0.2, 0.25) is 9.20 Å². The standard InChI is InChI=1S/C4H11NOSi/c5-7-4-2-1-3-6-7/h7H,1-5H2. The third-order valence-corrected chi connectivity index (χ3v) is 2.86. The normalized spacial score (nSPS) is 33.0. The Morgan fingerprint density at radius 3 is 2.57 bits per heavy atom. The van der Waals surface area contributed by atoms with Crippen LogP contribution in [0.1, 0.15) is 12.8 Å². The molecule has 0 amide bonds. The maximum Gasteiger partial charge on any atom is 0.249 e. The van der Waals surface area contributed by atoms with E-state index in [1.54, 1.807) is 0 Å². The molecule has 2 nitrogen and oxygen atoms in total. The van der Waals surface area contributed by atoms with E-state index in [1.165, 1.54) is 18.9 Å². The molecule has 0 aromatic heterocycles. The van der Waals surface area contributed by atoms with Crippen LogP contribution in [-0.2, 0) is 4.43 Å². The number of rotatable bonds is 0. The van der Waals surface area contributed by atoms with Crippen LogP contribution in [0.5, 0.6) is 0 Å². The second-order valence-corrected chi connectivity index (χ2v) is 3.89. The third kappa shape index (κ3) is 1.59. The van der Waals surface area contributed by atoms with Crippen molar-refractivity contribution < 1.29 is 4.43 Å². The summed E-state index contributed by atoms with van der Waals surface area (Å²) in [7, 11) is -1.09. The fraction of sp³-hybridized carbons (Fsp3) is 1.00. The minimum absolute atomic E-state index is 0.924. The first-order valence-corrected chi connectivity index (χ1v) is 4.72. The summed E-state index contributed by atoms with van der Waals surface area (Å²) in [5, 5.41) is 5.55. The van der Waals surface area contributed by atoms with Crippen molar-refractivity contribution in [3.63, 3.8) is 0 Å². The summed E-state index contributed by atoms with van der Waals surface area (Å²) in [5.41, 5.74) is 0. The van der Waals surface area contributed by atoms with E-state index >= 15 is 0 Å². The van der Waals surface area contributed by atoms with Crippen LogP contribution in [0.15, 0.2) is 0 Å². The van der Waals surface area contributed by atoms with E-state index in [1.807, 2.05) is 0 Å². The van der Waals surface area contributed by atoms with Crippen molar-refractivity contribution in [1.29, 1.82) is 0 Å². The molecule has 1 unspecified atom stereocenters. The Balaban J connectivity index is 2.12. The van der Waals surface area contributed by atoms with Crippen LogP contribution in [0, 0.1) is 0 Å². The Bertz CT molecular complexity index is 53.7. The van der Waals surface area contributed by atoms with E-state index in [-0.39, 0.29) is 0 Å². The molecule has 1 aliphatic heterocycles. The quantitative estimate of drug-likeness (QED) is 0.452. The molecule has 1 heterocycles. The molecule has 0 spiro atoms. The lowest BCUT2D eigenvalue weighted by Crippen LogP contribution is -2.32. The fourth-order valence-corrected chi connectivity index (χ4v) is 2.09. The average Bonchev–Trinajstić information content (AvgIpc) is 1.69. The predicted molar refractivity (Wildman–Crippen MR) is 31.3 cm³/mol. The highest BCUT2D eigenvalue weighted by Gasteiger charge is 2.09. The van der Waals surface area contributed by atoms with Gasteiger partial charge in [0.05, 0.1) is 0 Å². The molecule has 1 atom stereocenters. The first-order chi connectivity index (χ1) is 3.39. The van der Waals surface area contributed by atoms with Crippen LogP contribution >= 0.6 is 0 Å². The molecule has 1 rings (SSSR count). The lowest BCUT2D eigenvalue weighted by atomic mass is 10.4. The van der Waals surface area contributed by atoms with E-state index in [9.17, 15) is 0 Å². The zero-order valence-electron chi connectivity index (χ0n) is 4.39. The van der Waals surface area contributed by atoms with Gasteiger partial charge in [-0.25, -0.2) is 0 Å². The van der Waals surface area contributed by atoms with E-state index in [2.05, 4.69) is 0 Å². The van der Waals surface area contributed by atoms with Gasteiger partial charge in [-0.05, 0) is 12.5 Å². The minimum atomic E-state index is -1.09. The van der Waals surface area contributed by atoms with Crippen molar-refractivity contribution in [3.8, 4) is 0 Å². The highest BCUT2D eigenvalue weighted by molar-refractivity contribution is 6.48. The molecular formula is C4H11NOSi. The second kappa shape index (κ2) is 2.45. The molecule has 3 heteroatoms. The van der Waals surface area contributed by atoms with Gasteiger partial charge in [-0.1, -0.05) is 6.42 Å². The summed E-state index contributed by atoms with van der Waals surface area (Å²) in [6, 6.07) is 1.18. The van der Waals surface area contributed by atoms with Crippen LogP contribution in [0.3, 0.4) is 0 Å². The first kappa shape index (κ1) is 5.28. The molecule has 0 aromatic carbocycles. The van der Waals surface area contributed by atoms with Gasteiger partial charge in [0.1, 0.15) is 0 Å². The van der Waals surface area contributed by atoms with Gasteiger partial charge >= 0.3 is 0 Å². The van der Waals surface area contributed by atoms with Crippen molar-refractivity contribution >= 4 is 9.20 Å². The zero-order valence-corrected chi connectivity index (χ0v) is 5.55. The number of hydrogen-bond donors (Lipinski definition) is 1. The first-order valence-electron chi connectivity index (χ1n) is 2.77. The molecule has 0 bridgehead atoms. The molecule has 0 radical (unpaired) electrons. The van der Waals surface area contributed by atoms with Gasteiger partial charge in [0, 0.05) is 6.61 Å². The molecule has 1 aliphatic rings. The molecule has 42 valence electrons.